The molecule has 1 aromatic carbocycles. The van der Waals surface area contributed by atoms with Gasteiger partial charge in [0.1, 0.15) is 0 Å². The summed E-state index contributed by atoms with van der Waals surface area (Å²) in [6.07, 6.45) is 0.231. The first-order chi connectivity index (χ1) is 8.08. The minimum Gasteiger partial charge on any atom is -0.481 e. The lowest BCUT2D eigenvalue weighted by Crippen LogP contribution is -2.14. The van der Waals surface area contributed by atoms with Crippen molar-refractivity contribution in [3.8, 4) is 0 Å². The summed E-state index contributed by atoms with van der Waals surface area (Å²) in [5.74, 6) is -0.895. The zero-order chi connectivity index (χ0) is 12.4. The van der Waals surface area contributed by atoms with Gasteiger partial charge in [-0.05, 0) is 30.4 Å². The summed E-state index contributed by atoms with van der Waals surface area (Å²) in [6, 6.07) is 7.51. The number of carboxylic acid groups (broad SMARTS) is 1. The first-order valence-corrected chi connectivity index (χ1v) is 5.41. The van der Waals surface area contributed by atoms with Gasteiger partial charge in [0.05, 0.1) is 5.52 Å². The molecule has 0 radical (unpaired) electrons. The smallest absolute Gasteiger partial charge is 0.303 e. The van der Waals surface area contributed by atoms with E-state index in [4.69, 9.17) is 5.11 Å². The molecular weight excluding hydrogens is 218 g/mol. The van der Waals surface area contributed by atoms with Crippen LogP contribution in [0.5, 0.6) is 0 Å². The van der Waals surface area contributed by atoms with E-state index in [1.54, 1.807) is 6.07 Å². The van der Waals surface area contributed by atoms with Crippen LogP contribution >= 0.6 is 0 Å². The number of hydrogen-bond acceptors (Lipinski definition) is 2. The van der Waals surface area contributed by atoms with Crippen molar-refractivity contribution < 1.29 is 9.90 Å². The number of rotatable bonds is 3. The summed E-state index contributed by atoms with van der Waals surface area (Å²) < 4.78 is 0. The fraction of sp³-hybridized carbons (Fsp3) is 0.231. The summed E-state index contributed by atoms with van der Waals surface area (Å²) in [6.45, 7) is 1.93. The Morgan fingerprint density at radius 2 is 2.18 bits per heavy atom. The number of aliphatic carboxylic acids is 1. The van der Waals surface area contributed by atoms with Crippen LogP contribution in [-0.4, -0.2) is 16.1 Å². The first-order valence-electron chi connectivity index (χ1n) is 5.41. The fourth-order valence-corrected chi connectivity index (χ4v) is 1.86. The van der Waals surface area contributed by atoms with Crippen molar-refractivity contribution >= 4 is 16.9 Å². The van der Waals surface area contributed by atoms with Crippen molar-refractivity contribution in [3.05, 3.63) is 45.7 Å². The standard InChI is InChI=1S/C13H13NO3/c1-8-3-2-4-9-7-10(5-6-11(15)16)13(17)14-12(8)9/h2-4,7H,5-6H2,1H3,(H,14,17)(H,15,16). The molecule has 0 saturated heterocycles. The third-order valence-corrected chi connectivity index (χ3v) is 2.77. The van der Waals surface area contributed by atoms with Crippen LogP contribution in [0, 0.1) is 6.92 Å². The van der Waals surface area contributed by atoms with Crippen molar-refractivity contribution in [2.24, 2.45) is 0 Å². The molecule has 17 heavy (non-hydrogen) atoms. The second-order valence-corrected chi connectivity index (χ2v) is 4.06. The lowest BCUT2D eigenvalue weighted by atomic mass is 10.1. The number of carboxylic acids is 1. The molecule has 88 valence electrons. The molecule has 0 fully saturated rings. The van der Waals surface area contributed by atoms with Crippen molar-refractivity contribution in [2.45, 2.75) is 19.8 Å². The summed E-state index contributed by atoms with van der Waals surface area (Å²) >= 11 is 0. The minimum absolute atomic E-state index is 0.0274. The van der Waals surface area contributed by atoms with Gasteiger partial charge < -0.3 is 10.1 Å². The van der Waals surface area contributed by atoms with Gasteiger partial charge in [0.25, 0.3) is 5.56 Å². The maximum absolute atomic E-state index is 11.7. The van der Waals surface area contributed by atoms with E-state index in [1.807, 2.05) is 25.1 Å². The molecule has 4 heteroatoms. The SMILES string of the molecule is Cc1cccc2cc(CCC(=O)O)c(=O)[nH]c12. The van der Waals surface area contributed by atoms with E-state index in [1.165, 1.54) is 0 Å². The monoisotopic (exact) mass is 231 g/mol. The van der Waals surface area contributed by atoms with Crippen molar-refractivity contribution in [1.29, 1.82) is 0 Å². The molecule has 4 nitrogen and oxygen atoms in total. The van der Waals surface area contributed by atoms with E-state index < -0.39 is 5.97 Å². The van der Waals surface area contributed by atoms with E-state index in [0.717, 1.165) is 16.5 Å². The lowest BCUT2D eigenvalue weighted by Gasteiger charge is -2.04. The average molecular weight is 231 g/mol. The van der Waals surface area contributed by atoms with Crippen LogP contribution in [0.2, 0.25) is 0 Å². The Kier molecular flexibility index (Phi) is 2.95. The number of para-hydroxylation sites is 1. The molecule has 2 rings (SSSR count). The highest BCUT2D eigenvalue weighted by atomic mass is 16.4. The second kappa shape index (κ2) is 4.41. The number of hydrogen-bond donors (Lipinski definition) is 2. The molecule has 0 unspecified atom stereocenters. The summed E-state index contributed by atoms with van der Waals surface area (Å²) in [5, 5.41) is 9.55. The Morgan fingerprint density at radius 1 is 1.41 bits per heavy atom. The molecule has 1 heterocycles. The van der Waals surface area contributed by atoms with Crippen LogP contribution in [0.1, 0.15) is 17.5 Å². The number of aromatic nitrogens is 1. The molecule has 0 spiro atoms. The van der Waals surface area contributed by atoms with E-state index >= 15 is 0 Å². The fourth-order valence-electron chi connectivity index (χ4n) is 1.86. The van der Waals surface area contributed by atoms with Gasteiger partial charge in [-0.1, -0.05) is 18.2 Å². The van der Waals surface area contributed by atoms with Crippen molar-refractivity contribution in [2.75, 3.05) is 0 Å². The summed E-state index contributed by atoms with van der Waals surface area (Å²) in [4.78, 5) is 25.0. The number of benzene rings is 1. The number of pyridine rings is 1. The molecule has 2 aromatic rings. The Balaban J connectivity index is 2.49. The zero-order valence-electron chi connectivity index (χ0n) is 9.49. The maximum atomic E-state index is 11.7. The second-order valence-electron chi connectivity index (χ2n) is 4.06. The Bertz CT molecular complexity index is 628. The van der Waals surface area contributed by atoms with Gasteiger partial charge in [0.2, 0.25) is 0 Å². The highest BCUT2D eigenvalue weighted by Crippen LogP contribution is 2.15. The lowest BCUT2D eigenvalue weighted by molar-refractivity contribution is -0.136. The minimum atomic E-state index is -0.895. The van der Waals surface area contributed by atoms with Gasteiger partial charge in [-0.2, -0.15) is 0 Å². The number of nitrogens with one attached hydrogen (secondary N) is 1. The molecule has 0 aliphatic carbocycles. The summed E-state index contributed by atoms with van der Waals surface area (Å²) in [5.41, 5.74) is 2.14. The highest BCUT2D eigenvalue weighted by molar-refractivity contribution is 5.82. The number of carbonyl (C=O) groups is 1. The Labute approximate surface area is 97.9 Å². The quantitative estimate of drug-likeness (QED) is 0.846. The van der Waals surface area contributed by atoms with Gasteiger partial charge in [-0.15, -0.1) is 0 Å². The average Bonchev–Trinajstić information content (AvgIpc) is 2.28. The number of H-pyrrole nitrogens is 1. The molecule has 0 atom stereocenters. The molecule has 0 aliphatic rings. The van der Waals surface area contributed by atoms with E-state index in [-0.39, 0.29) is 18.4 Å². The van der Waals surface area contributed by atoms with Gasteiger partial charge >= 0.3 is 5.97 Å². The van der Waals surface area contributed by atoms with Crippen molar-refractivity contribution in [3.63, 3.8) is 0 Å². The van der Waals surface area contributed by atoms with E-state index in [9.17, 15) is 9.59 Å². The highest BCUT2D eigenvalue weighted by Gasteiger charge is 2.06. The number of fused-ring (bicyclic) bond motifs is 1. The van der Waals surface area contributed by atoms with Crippen LogP contribution in [0.4, 0.5) is 0 Å². The van der Waals surface area contributed by atoms with Crippen LogP contribution in [0.25, 0.3) is 10.9 Å². The molecule has 0 bridgehead atoms. The molecule has 2 N–H and O–H groups in total. The van der Waals surface area contributed by atoms with Crippen molar-refractivity contribution in [1.82, 2.24) is 4.98 Å². The number of aromatic amines is 1. The van der Waals surface area contributed by atoms with Gasteiger partial charge in [0.15, 0.2) is 0 Å². The Hall–Kier alpha value is -2.10. The third kappa shape index (κ3) is 2.36. The maximum Gasteiger partial charge on any atom is 0.303 e. The third-order valence-electron chi connectivity index (χ3n) is 2.77. The Morgan fingerprint density at radius 3 is 2.88 bits per heavy atom. The molecule has 0 aliphatic heterocycles. The predicted molar refractivity (Wildman–Crippen MR) is 65.3 cm³/mol. The van der Waals surface area contributed by atoms with E-state index in [2.05, 4.69) is 4.98 Å². The van der Waals surface area contributed by atoms with Crippen LogP contribution in [0.3, 0.4) is 0 Å². The van der Waals surface area contributed by atoms with E-state index in [0.29, 0.717) is 5.56 Å². The largest absolute Gasteiger partial charge is 0.481 e. The number of aryl methyl sites for hydroxylation is 2. The van der Waals surface area contributed by atoms with Gasteiger partial charge in [-0.3, -0.25) is 9.59 Å². The normalized spacial score (nSPS) is 10.6. The first kappa shape index (κ1) is 11.4. The molecule has 1 aromatic heterocycles. The van der Waals surface area contributed by atoms with Gasteiger partial charge in [0, 0.05) is 12.0 Å². The zero-order valence-corrected chi connectivity index (χ0v) is 9.49. The van der Waals surface area contributed by atoms with Crippen LogP contribution in [-0.2, 0) is 11.2 Å². The van der Waals surface area contributed by atoms with Gasteiger partial charge in [-0.25, -0.2) is 0 Å². The van der Waals surface area contributed by atoms with Crippen LogP contribution in [0.15, 0.2) is 29.1 Å². The van der Waals surface area contributed by atoms with Crippen LogP contribution < -0.4 is 5.56 Å². The summed E-state index contributed by atoms with van der Waals surface area (Å²) in [7, 11) is 0. The predicted octanol–water partition coefficient (Wildman–Crippen LogP) is 1.85. The topological polar surface area (TPSA) is 70.2 Å². The molecule has 0 amide bonds. The molecular formula is C13H13NO3. The molecule has 0 saturated carbocycles.